The molecule has 1 amide bonds. The molecule has 0 aliphatic rings. The molecule has 0 spiro atoms. The summed E-state index contributed by atoms with van der Waals surface area (Å²) in [6.45, 7) is 7.21. The largest absolute Gasteiger partial charge is 0.359 e. The quantitative estimate of drug-likeness (QED) is 0.583. The average molecular weight is 139 g/mol. The van der Waals surface area contributed by atoms with E-state index in [0.717, 1.165) is 5.57 Å². The van der Waals surface area contributed by atoms with E-state index >= 15 is 0 Å². The summed E-state index contributed by atoms with van der Waals surface area (Å²) in [5.41, 5.74) is 0.906. The number of amides is 1. The lowest BCUT2D eigenvalue weighted by molar-refractivity contribution is -0.120. The summed E-state index contributed by atoms with van der Waals surface area (Å²) < 4.78 is 0. The first-order valence-corrected chi connectivity index (χ1v) is 3.21. The molecule has 1 N–H and O–H groups in total. The van der Waals surface area contributed by atoms with E-state index in [1.807, 2.05) is 0 Å². The van der Waals surface area contributed by atoms with Gasteiger partial charge in [-0.05, 0) is 6.42 Å². The van der Waals surface area contributed by atoms with Crippen molar-refractivity contribution in [2.75, 3.05) is 7.05 Å². The van der Waals surface area contributed by atoms with Crippen LogP contribution in [0.5, 0.6) is 0 Å². The molecule has 0 rings (SSSR count). The van der Waals surface area contributed by atoms with Gasteiger partial charge in [0, 0.05) is 13.5 Å². The molecule has 2 heteroatoms. The van der Waals surface area contributed by atoms with Gasteiger partial charge in [0.15, 0.2) is 0 Å². The van der Waals surface area contributed by atoms with Gasteiger partial charge in [-0.15, -0.1) is 0 Å². The summed E-state index contributed by atoms with van der Waals surface area (Å²) in [4.78, 5) is 10.6. The number of carbonyl (C=O) groups is 1. The van der Waals surface area contributed by atoms with Crippen LogP contribution in [-0.4, -0.2) is 13.0 Å². The lowest BCUT2D eigenvalue weighted by Gasteiger charge is -1.97. The van der Waals surface area contributed by atoms with E-state index < -0.39 is 0 Å². The Morgan fingerprint density at radius 1 is 1.60 bits per heavy atom. The first-order chi connectivity index (χ1) is 4.70. The smallest absolute Gasteiger partial charge is 0.220 e. The molecule has 0 heterocycles. The Morgan fingerprint density at radius 2 is 2.20 bits per heavy atom. The van der Waals surface area contributed by atoms with Crippen LogP contribution in [0.1, 0.15) is 12.8 Å². The van der Waals surface area contributed by atoms with Gasteiger partial charge in [-0.1, -0.05) is 24.8 Å². The van der Waals surface area contributed by atoms with E-state index in [1.54, 1.807) is 13.1 Å². The number of carbonyl (C=O) groups excluding carboxylic acids is 1. The van der Waals surface area contributed by atoms with Crippen molar-refractivity contribution in [2.24, 2.45) is 0 Å². The predicted molar refractivity (Wildman–Crippen MR) is 42.6 cm³/mol. The number of rotatable bonds is 4. The Hall–Kier alpha value is -1.05. The maximum Gasteiger partial charge on any atom is 0.220 e. The van der Waals surface area contributed by atoms with Crippen molar-refractivity contribution in [2.45, 2.75) is 12.8 Å². The molecule has 0 aromatic rings. The lowest BCUT2D eigenvalue weighted by Crippen LogP contribution is -2.16. The van der Waals surface area contributed by atoms with Crippen molar-refractivity contribution >= 4 is 5.91 Å². The zero-order valence-corrected chi connectivity index (χ0v) is 6.31. The minimum absolute atomic E-state index is 0.0444. The number of hydrogen-bond donors (Lipinski definition) is 1. The second-order valence-corrected chi connectivity index (χ2v) is 2.04. The number of nitrogens with one attached hydrogen (secondary N) is 1. The van der Waals surface area contributed by atoms with E-state index in [0.29, 0.717) is 12.8 Å². The maximum absolute atomic E-state index is 10.6. The molecule has 2 nitrogen and oxygen atoms in total. The summed E-state index contributed by atoms with van der Waals surface area (Å²) in [5, 5.41) is 2.53. The van der Waals surface area contributed by atoms with Crippen molar-refractivity contribution < 1.29 is 4.79 Å². The van der Waals surface area contributed by atoms with Gasteiger partial charge in [0.2, 0.25) is 5.91 Å². The minimum atomic E-state index is 0.0444. The van der Waals surface area contributed by atoms with E-state index in [-0.39, 0.29) is 5.91 Å². The molecule has 0 atom stereocenters. The summed E-state index contributed by atoms with van der Waals surface area (Å²) >= 11 is 0. The Balaban J connectivity index is 3.44. The Bertz CT molecular complexity index is 149. The highest BCUT2D eigenvalue weighted by Crippen LogP contribution is 2.01. The second-order valence-electron chi connectivity index (χ2n) is 2.04. The van der Waals surface area contributed by atoms with Gasteiger partial charge in [-0.25, -0.2) is 0 Å². The predicted octanol–water partition coefficient (Wildman–Crippen LogP) is 1.25. The van der Waals surface area contributed by atoms with Gasteiger partial charge in [0.1, 0.15) is 0 Å². The fourth-order valence-corrected chi connectivity index (χ4v) is 0.501. The van der Waals surface area contributed by atoms with E-state index in [4.69, 9.17) is 0 Å². The standard InChI is InChI=1S/C8H13NO/c1-4-7(2)5-6-8(10)9-3/h4H,1-2,5-6H2,3H3,(H,9,10). The van der Waals surface area contributed by atoms with Crippen LogP contribution in [0.2, 0.25) is 0 Å². The molecular formula is C8H13NO. The molecular weight excluding hydrogens is 126 g/mol. The topological polar surface area (TPSA) is 29.1 Å². The normalized spacial score (nSPS) is 8.50. The fourth-order valence-electron chi connectivity index (χ4n) is 0.501. The van der Waals surface area contributed by atoms with Crippen molar-refractivity contribution in [1.29, 1.82) is 0 Å². The van der Waals surface area contributed by atoms with Crippen molar-refractivity contribution in [3.05, 3.63) is 24.8 Å². The highest BCUT2D eigenvalue weighted by Gasteiger charge is 1.96. The first kappa shape index (κ1) is 8.95. The molecule has 0 saturated heterocycles. The third-order valence-electron chi connectivity index (χ3n) is 1.24. The number of hydrogen-bond acceptors (Lipinski definition) is 1. The summed E-state index contributed by atoms with van der Waals surface area (Å²) in [5.74, 6) is 0.0444. The van der Waals surface area contributed by atoms with Crippen LogP contribution >= 0.6 is 0 Å². The molecule has 0 aliphatic heterocycles. The Labute approximate surface area is 61.6 Å². The Morgan fingerprint density at radius 3 is 2.60 bits per heavy atom. The van der Waals surface area contributed by atoms with Gasteiger partial charge in [-0.3, -0.25) is 4.79 Å². The zero-order chi connectivity index (χ0) is 7.98. The summed E-state index contributed by atoms with van der Waals surface area (Å²) in [7, 11) is 1.62. The van der Waals surface area contributed by atoms with Crippen LogP contribution in [0.25, 0.3) is 0 Å². The van der Waals surface area contributed by atoms with Crippen LogP contribution in [-0.2, 0) is 4.79 Å². The SMILES string of the molecule is C=CC(=C)CCC(=O)NC. The molecule has 0 aromatic heterocycles. The van der Waals surface area contributed by atoms with Crippen LogP contribution in [0, 0.1) is 0 Å². The van der Waals surface area contributed by atoms with Gasteiger partial charge in [0.25, 0.3) is 0 Å². The molecule has 0 unspecified atom stereocenters. The van der Waals surface area contributed by atoms with Crippen molar-refractivity contribution in [3.8, 4) is 0 Å². The highest BCUT2D eigenvalue weighted by atomic mass is 16.1. The van der Waals surface area contributed by atoms with Gasteiger partial charge in [0.05, 0.1) is 0 Å². The number of allylic oxidation sites excluding steroid dienone is 2. The zero-order valence-electron chi connectivity index (χ0n) is 6.31. The van der Waals surface area contributed by atoms with E-state index in [1.165, 1.54) is 0 Å². The molecule has 10 heavy (non-hydrogen) atoms. The third kappa shape index (κ3) is 3.89. The molecule has 0 fully saturated rings. The maximum atomic E-state index is 10.6. The second kappa shape index (κ2) is 4.79. The monoisotopic (exact) mass is 139 g/mol. The molecule has 0 aromatic carbocycles. The molecule has 0 saturated carbocycles. The van der Waals surface area contributed by atoms with E-state index in [9.17, 15) is 4.79 Å². The summed E-state index contributed by atoms with van der Waals surface area (Å²) in [6, 6.07) is 0. The molecule has 0 radical (unpaired) electrons. The van der Waals surface area contributed by atoms with Gasteiger partial charge >= 0.3 is 0 Å². The van der Waals surface area contributed by atoms with Gasteiger partial charge in [-0.2, -0.15) is 0 Å². The molecule has 0 aliphatic carbocycles. The Kier molecular flexibility index (Phi) is 4.29. The van der Waals surface area contributed by atoms with Crippen LogP contribution in [0.15, 0.2) is 24.8 Å². The fraction of sp³-hybridized carbons (Fsp3) is 0.375. The summed E-state index contributed by atoms with van der Waals surface area (Å²) in [6.07, 6.45) is 2.87. The first-order valence-electron chi connectivity index (χ1n) is 3.21. The van der Waals surface area contributed by atoms with Crippen molar-refractivity contribution in [1.82, 2.24) is 5.32 Å². The van der Waals surface area contributed by atoms with Gasteiger partial charge < -0.3 is 5.32 Å². The minimum Gasteiger partial charge on any atom is -0.359 e. The van der Waals surface area contributed by atoms with E-state index in [2.05, 4.69) is 18.5 Å². The molecule has 0 bridgehead atoms. The average Bonchev–Trinajstić information content (AvgIpc) is 1.99. The molecule has 56 valence electrons. The van der Waals surface area contributed by atoms with Crippen LogP contribution in [0.4, 0.5) is 0 Å². The highest BCUT2D eigenvalue weighted by molar-refractivity contribution is 5.75. The lowest BCUT2D eigenvalue weighted by atomic mass is 10.1. The third-order valence-corrected chi connectivity index (χ3v) is 1.24. The van der Waals surface area contributed by atoms with Crippen LogP contribution < -0.4 is 5.32 Å². The van der Waals surface area contributed by atoms with Crippen molar-refractivity contribution in [3.63, 3.8) is 0 Å². The van der Waals surface area contributed by atoms with Crippen LogP contribution in [0.3, 0.4) is 0 Å².